The normalized spacial score (nSPS) is 10.5. The van der Waals surface area contributed by atoms with Crippen LogP contribution in [0.3, 0.4) is 0 Å². The van der Waals surface area contributed by atoms with Crippen LogP contribution in [-0.4, -0.2) is 36.1 Å². The Kier molecular flexibility index (Phi) is 5.97. The summed E-state index contributed by atoms with van der Waals surface area (Å²) < 4.78 is 16.0. The van der Waals surface area contributed by atoms with Crippen molar-refractivity contribution in [1.29, 1.82) is 0 Å². The highest BCUT2D eigenvalue weighted by Gasteiger charge is 2.13. The number of methoxy groups -OCH3 is 2. The molecule has 140 valence electrons. The van der Waals surface area contributed by atoms with Crippen molar-refractivity contribution in [1.82, 2.24) is 10.2 Å². The molecule has 1 aromatic heterocycles. The van der Waals surface area contributed by atoms with Crippen molar-refractivity contribution in [3.05, 3.63) is 48.0 Å². The fourth-order valence-electron chi connectivity index (χ4n) is 2.26. The predicted octanol–water partition coefficient (Wildman–Crippen LogP) is 3.79. The molecule has 0 aliphatic heterocycles. The van der Waals surface area contributed by atoms with E-state index in [4.69, 9.17) is 13.9 Å². The molecule has 0 aliphatic rings. The summed E-state index contributed by atoms with van der Waals surface area (Å²) in [5.74, 6) is 1.48. The van der Waals surface area contributed by atoms with Gasteiger partial charge in [-0.25, -0.2) is 0 Å². The molecule has 0 bridgehead atoms. The number of thioether (sulfide) groups is 1. The lowest BCUT2D eigenvalue weighted by Crippen LogP contribution is -2.14. The van der Waals surface area contributed by atoms with Gasteiger partial charge in [-0.2, -0.15) is 0 Å². The number of amides is 1. The minimum absolute atomic E-state index is 0.0429. The van der Waals surface area contributed by atoms with Gasteiger partial charge in [-0.3, -0.25) is 10.1 Å². The second-order valence-electron chi connectivity index (χ2n) is 5.66. The zero-order valence-corrected chi connectivity index (χ0v) is 16.0. The van der Waals surface area contributed by atoms with E-state index in [-0.39, 0.29) is 23.6 Å². The third-order valence-corrected chi connectivity index (χ3v) is 4.67. The molecule has 0 atom stereocenters. The van der Waals surface area contributed by atoms with Crippen molar-refractivity contribution in [2.75, 3.05) is 25.3 Å². The van der Waals surface area contributed by atoms with Crippen LogP contribution in [0.15, 0.2) is 51.8 Å². The van der Waals surface area contributed by atoms with E-state index in [0.29, 0.717) is 17.1 Å². The standard InChI is InChI=1S/C19H19N3O4S/c1-12-4-6-16(7-5-12)27-11-17(23)20-19-22-21-18(26-19)13-8-14(24-2)10-15(9-13)25-3/h4-10H,11H2,1-3H3,(H,20,22,23). The Labute approximate surface area is 161 Å². The van der Waals surface area contributed by atoms with E-state index in [1.54, 1.807) is 32.4 Å². The van der Waals surface area contributed by atoms with Gasteiger partial charge in [-0.1, -0.05) is 22.8 Å². The fraction of sp³-hybridized carbons (Fsp3) is 0.211. The number of carbonyl (C=O) groups is 1. The number of hydrogen-bond acceptors (Lipinski definition) is 7. The molecule has 0 saturated heterocycles. The predicted molar refractivity (Wildman–Crippen MR) is 103 cm³/mol. The number of carbonyl (C=O) groups excluding carboxylic acids is 1. The molecule has 0 unspecified atom stereocenters. The van der Waals surface area contributed by atoms with Gasteiger partial charge in [0.25, 0.3) is 0 Å². The summed E-state index contributed by atoms with van der Waals surface area (Å²) in [5, 5.41) is 10.4. The van der Waals surface area contributed by atoms with Gasteiger partial charge in [0, 0.05) is 16.5 Å². The maximum absolute atomic E-state index is 12.1. The number of ether oxygens (including phenoxy) is 2. The highest BCUT2D eigenvalue weighted by Crippen LogP contribution is 2.29. The number of rotatable bonds is 7. The van der Waals surface area contributed by atoms with Crippen molar-refractivity contribution in [2.24, 2.45) is 0 Å². The Morgan fingerprint density at radius 3 is 2.37 bits per heavy atom. The summed E-state index contributed by atoms with van der Waals surface area (Å²) in [5.41, 5.74) is 1.81. The lowest BCUT2D eigenvalue weighted by molar-refractivity contribution is -0.113. The number of aryl methyl sites for hydroxylation is 1. The molecule has 1 heterocycles. The molecule has 0 saturated carbocycles. The summed E-state index contributed by atoms with van der Waals surface area (Å²) in [7, 11) is 3.12. The summed E-state index contributed by atoms with van der Waals surface area (Å²) in [4.78, 5) is 13.1. The largest absolute Gasteiger partial charge is 0.497 e. The fourth-order valence-corrected chi connectivity index (χ4v) is 2.96. The molecule has 0 aliphatic carbocycles. The molecule has 1 amide bonds. The Morgan fingerprint density at radius 1 is 1.07 bits per heavy atom. The van der Waals surface area contributed by atoms with Crippen LogP contribution in [0.2, 0.25) is 0 Å². The first-order chi connectivity index (χ1) is 13.1. The van der Waals surface area contributed by atoms with Crippen LogP contribution in [0.5, 0.6) is 11.5 Å². The summed E-state index contributed by atoms with van der Waals surface area (Å²) >= 11 is 1.43. The van der Waals surface area contributed by atoms with Crippen LogP contribution < -0.4 is 14.8 Å². The lowest BCUT2D eigenvalue weighted by atomic mass is 10.2. The van der Waals surface area contributed by atoms with E-state index in [2.05, 4.69) is 15.5 Å². The van der Waals surface area contributed by atoms with Gasteiger partial charge in [-0.05, 0) is 31.2 Å². The highest BCUT2D eigenvalue weighted by molar-refractivity contribution is 8.00. The van der Waals surface area contributed by atoms with Crippen LogP contribution in [-0.2, 0) is 4.79 Å². The molecule has 7 nitrogen and oxygen atoms in total. The second-order valence-corrected chi connectivity index (χ2v) is 6.71. The molecule has 3 aromatic rings. The molecular weight excluding hydrogens is 366 g/mol. The molecular formula is C19H19N3O4S. The maximum atomic E-state index is 12.1. The molecule has 0 radical (unpaired) electrons. The highest BCUT2D eigenvalue weighted by atomic mass is 32.2. The number of anilines is 1. The SMILES string of the molecule is COc1cc(OC)cc(-c2nnc(NC(=O)CSc3ccc(C)cc3)o2)c1. The zero-order chi connectivity index (χ0) is 19.2. The first kappa shape index (κ1) is 18.8. The van der Waals surface area contributed by atoms with Crippen molar-refractivity contribution in [3.8, 4) is 23.0 Å². The smallest absolute Gasteiger partial charge is 0.322 e. The average Bonchev–Trinajstić information content (AvgIpc) is 3.15. The van der Waals surface area contributed by atoms with E-state index < -0.39 is 0 Å². The number of hydrogen-bond donors (Lipinski definition) is 1. The third kappa shape index (κ3) is 5.01. The van der Waals surface area contributed by atoms with E-state index in [1.807, 2.05) is 31.2 Å². The van der Waals surface area contributed by atoms with Crippen molar-refractivity contribution >= 4 is 23.7 Å². The summed E-state index contributed by atoms with van der Waals surface area (Å²) in [6, 6.07) is 13.2. The quantitative estimate of drug-likeness (QED) is 0.619. The van der Waals surface area contributed by atoms with E-state index in [0.717, 1.165) is 4.90 Å². The topological polar surface area (TPSA) is 86.5 Å². The molecule has 8 heteroatoms. The van der Waals surface area contributed by atoms with E-state index >= 15 is 0 Å². The van der Waals surface area contributed by atoms with Crippen LogP contribution in [0.4, 0.5) is 6.01 Å². The van der Waals surface area contributed by atoms with Gasteiger partial charge >= 0.3 is 6.01 Å². The van der Waals surface area contributed by atoms with Gasteiger partial charge < -0.3 is 13.9 Å². The van der Waals surface area contributed by atoms with Crippen LogP contribution in [0.1, 0.15) is 5.56 Å². The minimum atomic E-state index is -0.223. The first-order valence-corrected chi connectivity index (χ1v) is 9.12. The molecule has 2 aromatic carbocycles. The Bertz CT molecular complexity index is 903. The van der Waals surface area contributed by atoms with Gasteiger partial charge in [-0.15, -0.1) is 16.9 Å². The lowest BCUT2D eigenvalue weighted by Gasteiger charge is -2.05. The summed E-state index contributed by atoms with van der Waals surface area (Å²) in [6.07, 6.45) is 0. The number of nitrogens with one attached hydrogen (secondary N) is 1. The summed E-state index contributed by atoms with van der Waals surface area (Å²) in [6.45, 7) is 2.02. The third-order valence-electron chi connectivity index (χ3n) is 3.66. The first-order valence-electron chi connectivity index (χ1n) is 8.13. The number of aromatic nitrogens is 2. The second kappa shape index (κ2) is 8.59. The molecule has 27 heavy (non-hydrogen) atoms. The van der Waals surface area contributed by atoms with E-state index in [9.17, 15) is 4.79 Å². The van der Waals surface area contributed by atoms with Crippen molar-refractivity contribution in [2.45, 2.75) is 11.8 Å². The van der Waals surface area contributed by atoms with Gasteiger partial charge in [0.1, 0.15) is 11.5 Å². The average molecular weight is 385 g/mol. The van der Waals surface area contributed by atoms with Gasteiger partial charge in [0.05, 0.1) is 20.0 Å². The molecule has 3 rings (SSSR count). The maximum Gasteiger partial charge on any atom is 0.322 e. The zero-order valence-electron chi connectivity index (χ0n) is 15.2. The molecule has 0 fully saturated rings. The molecule has 1 N–H and O–H groups in total. The Hall–Kier alpha value is -3.00. The Balaban J connectivity index is 1.63. The Morgan fingerprint density at radius 2 is 1.74 bits per heavy atom. The van der Waals surface area contributed by atoms with Crippen LogP contribution >= 0.6 is 11.8 Å². The minimum Gasteiger partial charge on any atom is -0.497 e. The number of benzene rings is 2. The van der Waals surface area contributed by atoms with E-state index in [1.165, 1.54) is 17.3 Å². The van der Waals surface area contributed by atoms with Crippen molar-refractivity contribution in [3.63, 3.8) is 0 Å². The van der Waals surface area contributed by atoms with Crippen LogP contribution in [0.25, 0.3) is 11.5 Å². The van der Waals surface area contributed by atoms with Crippen molar-refractivity contribution < 1.29 is 18.7 Å². The monoisotopic (exact) mass is 385 g/mol. The van der Waals surface area contributed by atoms with Gasteiger partial charge in [0.2, 0.25) is 11.8 Å². The molecule has 0 spiro atoms. The van der Waals surface area contributed by atoms with Gasteiger partial charge in [0.15, 0.2) is 0 Å². The van der Waals surface area contributed by atoms with Crippen LogP contribution in [0, 0.1) is 6.92 Å². The number of nitrogens with zero attached hydrogens (tertiary/aromatic N) is 2.